The molecule has 0 spiro atoms. The highest BCUT2D eigenvalue weighted by Gasteiger charge is 2.01. The molecule has 0 unspecified atom stereocenters. The van der Waals surface area contributed by atoms with E-state index in [1.54, 1.807) is 7.11 Å². The molecule has 1 heterocycles. The van der Waals surface area contributed by atoms with Crippen molar-refractivity contribution in [3.63, 3.8) is 0 Å². The summed E-state index contributed by atoms with van der Waals surface area (Å²) in [4.78, 5) is 0. The van der Waals surface area contributed by atoms with E-state index in [-0.39, 0.29) is 0 Å². The van der Waals surface area contributed by atoms with Gasteiger partial charge in [0.15, 0.2) is 0 Å². The number of ether oxygens (including phenoxy) is 2. The predicted molar refractivity (Wildman–Crippen MR) is 48.5 cm³/mol. The number of hydrogen-bond acceptors (Lipinski definition) is 5. The highest BCUT2D eigenvalue weighted by molar-refractivity contribution is 14.1. The van der Waals surface area contributed by atoms with Gasteiger partial charge < -0.3 is 13.9 Å². The van der Waals surface area contributed by atoms with Gasteiger partial charge in [0.1, 0.15) is 6.61 Å². The largest absolute Gasteiger partial charge is 0.414 e. The molecule has 0 saturated carbocycles. The maximum Gasteiger partial charge on any atom is 0.278 e. The van der Waals surface area contributed by atoms with Gasteiger partial charge >= 0.3 is 0 Å². The Labute approximate surface area is 83.6 Å². The zero-order valence-corrected chi connectivity index (χ0v) is 8.78. The molecule has 0 N–H and O–H groups in total. The number of nitrogens with zero attached hydrogens (tertiary/aromatic N) is 2. The van der Waals surface area contributed by atoms with Crippen LogP contribution in [0.5, 0.6) is 0 Å². The lowest BCUT2D eigenvalue weighted by Crippen LogP contribution is -2.01. The highest BCUT2D eigenvalue weighted by atomic mass is 127. The van der Waals surface area contributed by atoms with Crippen LogP contribution in [0.2, 0.25) is 0 Å². The third kappa shape index (κ3) is 3.46. The van der Waals surface area contributed by atoms with E-state index in [1.807, 2.05) is 22.6 Å². The van der Waals surface area contributed by atoms with Crippen LogP contribution in [0.15, 0.2) is 4.42 Å². The lowest BCUT2D eigenvalue weighted by molar-refractivity contribution is 0.0513. The number of aromatic nitrogens is 2. The van der Waals surface area contributed by atoms with Gasteiger partial charge in [0, 0.05) is 29.7 Å². The van der Waals surface area contributed by atoms with Crippen molar-refractivity contribution in [1.29, 1.82) is 0 Å². The lowest BCUT2D eigenvalue weighted by Gasteiger charge is -1.98. The molecule has 6 heteroatoms. The van der Waals surface area contributed by atoms with E-state index in [1.165, 1.54) is 0 Å². The molecular weight excluding hydrogens is 275 g/mol. The van der Waals surface area contributed by atoms with Crippen LogP contribution in [0.1, 0.15) is 5.89 Å². The van der Waals surface area contributed by atoms with Gasteiger partial charge in [-0.1, -0.05) is 0 Å². The van der Waals surface area contributed by atoms with Crippen LogP contribution in [-0.4, -0.2) is 30.5 Å². The minimum absolute atomic E-state index is 0.347. The average Bonchev–Trinajstić information content (AvgIpc) is 2.45. The summed E-state index contributed by atoms with van der Waals surface area (Å²) in [5.41, 5.74) is 0. The van der Waals surface area contributed by atoms with Crippen molar-refractivity contribution in [3.8, 4) is 0 Å². The fourth-order valence-electron chi connectivity index (χ4n) is 0.593. The van der Waals surface area contributed by atoms with Crippen LogP contribution < -0.4 is 0 Å². The second-order valence-electron chi connectivity index (χ2n) is 1.99. The smallest absolute Gasteiger partial charge is 0.278 e. The Balaban J connectivity index is 2.15. The van der Waals surface area contributed by atoms with Gasteiger partial charge in [0.05, 0.1) is 13.2 Å². The molecule has 0 aromatic carbocycles. The maximum atomic E-state index is 5.15. The first-order valence-corrected chi connectivity index (χ1v) is 4.45. The summed E-state index contributed by atoms with van der Waals surface area (Å²) in [7, 11) is 1.62. The number of rotatable bonds is 5. The standard InChI is InChI=1S/C6H9IN2O3/c1-10-2-3-11-4-5-8-9-6(7)12-5/h2-4H2,1H3. The highest BCUT2D eigenvalue weighted by Crippen LogP contribution is 2.03. The summed E-state index contributed by atoms with van der Waals surface area (Å²) >= 11 is 1.95. The van der Waals surface area contributed by atoms with Gasteiger partial charge in [-0.3, -0.25) is 0 Å². The fraction of sp³-hybridized carbons (Fsp3) is 0.667. The predicted octanol–water partition coefficient (Wildman–Crippen LogP) is 0.837. The molecule has 0 saturated heterocycles. The van der Waals surface area contributed by atoms with Crippen molar-refractivity contribution in [1.82, 2.24) is 10.2 Å². The zero-order chi connectivity index (χ0) is 8.81. The molecule has 0 radical (unpaired) electrons. The third-order valence-corrected chi connectivity index (χ3v) is 1.54. The zero-order valence-electron chi connectivity index (χ0n) is 6.62. The van der Waals surface area contributed by atoms with E-state index >= 15 is 0 Å². The van der Waals surface area contributed by atoms with Gasteiger partial charge in [-0.15, -0.1) is 10.2 Å². The molecule has 0 amide bonds. The second-order valence-corrected chi connectivity index (χ2v) is 2.92. The minimum atomic E-state index is 0.347. The molecule has 1 aromatic rings. The Morgan fingerprint density at radius 3 is 2.83 bits per heavy atom. The van der Waals surface area contributed by atoms with E-state index in [0.29, 0.717) is 29.6 Å². The fourth-order valence-corrected chi connectivity index (χ4v) is 0.955. The first kappa shape index (κ1) is 9.87. The Morgan fingerprint density at radius 1 is 1.42 bits per heavy atom. The minimum Gasteiger partial charge on any atom is -0.414 e. The summed E-state index contributed by atoms with van der Waals surface area (Å²) in [5, 5.41) is 7.40. The molecule has 5 nitrogen and oxygen atoms in total. The molecule has 12 heavy (non-hydrogen) atoms. The average molecular weight is 284 g/mol. The van der Waals surface area contributed by atoms with Gasteiger partial charge in [-0.2, -0.15) is 0 Å². The van der Waals surface area contributed by atoms with Crippen LogP contribution in [0.25, 0.3) is 0 Å². The molecule has 68 valence electrons. The Kier molecular flexibility index (Phi) is 4.48. The maximum absolute atomic E-state index is 5.15. The number of halogens is 1. The quantitative estimate of drug-likeness (QED) is 0.592. The molecule has 0 aliphatic heterocycles. The number of hydrogen-bond donors (Lipinski definition) is 0. The molecule has 0 bridgehead atoms. The van der Waals surface area contributed by atoms with Crippen LogP contribution in [0, 0.1) is 3.90 Å². The van der Waals surface area contributed by atoms with Gasteiger partial charge in [-0.05, 0) is 0 Å². The molecule has 0 aliphatic rings. The Morgan fingerprint density at radius 2 is 2.25 bits per heavy atom. The Hall–Kier alpha value is -0.210. The lowest BCUT2D eigenvalue weighted by atomic mass is 10.7. The summed E-state index contributed by atoms with van der Waals surface area (Å²) in [6.45, 7) is 1.46. The first-order valence-electron chi connectivity index (χ1n) is 3.37. The first-order chi connectivity index (χ1) is 5.83. The molecule has 0 atom stereocenters. The molecule has 0 aliphatic carbocycles. The van der Waals surface area contributed by atoms with Crippen LogP contribution in [-0.2, 0) is 16.1 Å². The third-order valence-electron chi connectivity index (χ3n) is 1.10. The van der Waals surface area contributed by atoms with Crippen LogP contribution in [0.4, 0.5) is 0 Å². The molecular formula is C6H9IN2O3. The summed E-state index contributed by atoms with van der Waals surface area (Å²) in [6.07, 6.45) is 0. The second kappa shape index (κ2) is 5.44. The molecule has 0 fully saturated rings. The normalized spacial score (nSPS) is 10.5. The van der Waals surface area contributed by atoms with Crippen molar-refractivity contribution in [2.24, 2.45) is 0 Å². The van der Waals surface area contributed by atoms with Crippen molar-refractivity contribution in [2.75, 3.05) is 20.3 Å². The van der Waals surface area contributed by atoms with E-state index in [4.69, 9.17) is 13.9 Å². The van der Waals surface area contributed by atoms with Crippen molar-refractivity contribution in [3.05, 3.63) is 9.79 Å². The van der Waals surface area contributed by atoms with Gasteiger partial charge in [-0.25, -0.2) is 0 Å². The summed E-state index contributed by atoms with van der Waals surface area (Å²) in [6, 6.07) is 0. The summed E-state index contributed by atoms with van der Waals surface area (Å²) in [5.74, 6) is 0.496. The van der Waals surface area contributed by atoms with Crippen molar-refractivity contribution < 1.29 is 13.9 Å². The summed E-state index contributed by atoms with van der Waals surface area (Å²) < 4.78 is 15.5. The molecule has 1 aromatic heterocycles. The van der Waals surface area contributed by atoms with Crippen LogP contribution >= 0.6 is 22.6 Å². The van der Waals surface area contributed by atoms with E-state index < -0.39 is 0 Å². The van der Waals surface area contributed by atoms with E-state index in [0.717, 1.165) is 0 Å². The van der Waals surface area contributed by atoms with Crippen LogP contribution in [0.3, 0.4) is 0 Å². The van der Waals surface area contributed by atoms with Crippen molar-refractivity contribution in [2.45, 2.75) is 6.61 Å². The van der Waals surface area contributed by atoms with Gasteiger partial charge in [0.25, 0.3) is 3.90 Å². The van der Waals surface area contributed by atoms with Crippen molar-refractivity contribution >= 4 is 22.6 Å². The van der Waals surface area contributed by atoms with E-state index in [9.17, 15) is 0 Å². The van der Waals surface area contributed by atoms with E-state index in [2.05, 4.69) is 10.2 Å². The number of methoxy groups -OCH3 is 1. The van der Waals surface area contributed by atoms with Gasteiger partial charge in [0.2, 0.25) is 5.89 Å². The monoisotopic (exact) mass is 284 g/mol. The SMILES string of the molecule is COCCOCc1nnc(I)o1. The Bertz CT molecular complexity index is 228. The topological polar surface area (TPSA) is 57.4 Å². The molecule has 1 rings (SSSR count).